The summed E-state index contributed by atoms with van der Waals surface area (Å²) >= 11 is 0. The summed E-state index contributed by atoms with van der Waals surface area (Å²) in [5.74, 6) is -3.45. The molecule has 0 saturated heterocycles. The maximum absolute atomic E-state index is 11.1. The number of ether oxygens (including phenoxy) is 2. The summed E-state index contributed by atoms with van der Waals surface area (Å²) < 4.78 is 9.78. The third kappa shape index (κ3) is 6.31. The first-order valence-electron chi connectivity index (χ1n) is 4.79. The van der Waals surface area contributed by atoms with Gasteiger partial charge in [0, 0.05) is 5.57 Å². The highest BCUT2D eigenvalue weighted by Gasteiger charge is 2.18. The van der Waals surface area contributed by atoms with E-state index in [1.165, 1.54) is 20.8 Å². The van der Waals surface area contributed by atoms with Crippen LogP contribution >= 0.6 is 0 Å². The second-order valence-electron chi connectivity index (χ2n) is 3.31. The number of aliphatic carboxylic acids is 1. The molecule has 0 fully saturated rings. The Labute approximate surface area is 98.4 Å². The van der Waals surface area contributed by atoms with Crippen LogP contribution in [0.3, 0.4) is 0 Å². The minimum absolute atomic E-state index is 0.211. The lowest BCUT2D eigenvalue weighted by Crippen LogP contribution is -2.41. The van der Waals surface area contributed by atoms with Gasteiger partial charge in [0.15, 0.2) is 0 Å². The first kappa shape index (κ1) is 15.1. The minimum atomic E-state index is -1.62. The van der Waals surface area contributed by atoms with Crippen molar-refractivity contribution in [2.45, 2.75) is 33.3 Å². The van der Waals surface area contributed by atoms with E-state index < -0.39 is 30.4 Å². The predicted molar refractivity (Wildman–Crippen MR) is 56.7 cm³/mol. The summed E-state index contributed by atoms with van der Waals surface area (Å²) in [4.78, 5) is 32.1. The summed E-state index contributed by atoms with van der Waals surface area (Å²) in [6, 6.07) is 0. The smallest absolute Gasteiger partial charge is 0.394 e. The van der Waals surface area contributed by atoms with E-state index in [0.717, 1.165) is 0 Å². The molecule has 2 N–H and O–H groups in total. The van der Waals surface area contributed by atoms with Gasteiger partial charge in [0.05, 0.1) is 0 Å². The number of amides is 1. The Morgan fingerprint density at radius 1 is 1.29 bits per heavy atom. The lowest BCUT2D eigenvalue weighted by atomic mass is 10.4. The van der Waals surface area contributed by atoms with E-state index in [1.807, 2.05) is 5.32 Å². The highest BCUT2D eigenvalue weighted by atomic mass is 16.7. The molecule has 0 aliphatic carbocycles. The van der Waals surface area contributed by atoms with Gasteiger partial charge < -0.3 is 19.9 Å². The van der Waals surface area contributed by atoms with Crippen LogP contribution in [0, 0.1) is 0 Å². The molecule has 0 aliphatic heterocycles. The summed E-state index contributed by atoms with van der Waals surface area (Å²) in [6.45, 7) is 7.70. The zero-order chi connectivity index (χ0) is 13.6. The van der Waals surface area contributed by atoms with E-state index in [1.54, 1.807) is 0 Å². The molecule has 1 amide bonds. The average Bonchev–Trinajstić information content (AvgIpc) is 2.16. The van der Waals surface area contributed by atoms with Crippen molar-refractivity contribution in [1.29, 1.82) is 0 Å². The van der Waals surface area contributed by atoms with Crippen LogP contribution in [-0.2, 0) is 23.9 Å². The highest BCUT2D eigenvalue weighted by molar-refractivity contribution is 6.31. The number of nitrogens with one attached hydrogen (secondary N) is 1. The molecule has 96 valence electrons. The molecule has 0 heterocycles. The first-order chi connectivity index (χ1) is 7.73. The van der Waals surface area contributed by atoms with Gasteiger partial charge in [-0.3, -0.25) is 4.79 Å². The number of carbonyl (C=O) groups is 3. The zero-order valence-corrected chi connectivity index (χ0v) is 9.85. The molecule has 0 aromatic rings. The molecule has 0 bridgehead atoms. The number of rotatable bonds is 5. The van der Waals surface area contributed by atoms with E-state index in [9.17, 15) is 14.4 Å². The number of carboxylic acids is 1. The normalized spacial score (nSPS) is 13.4. The van der Waals surface area contributed by atoms with Gasteiger partial charge in [0.2, 0.25) is 6.29 Å². The van der Waals surface area contributed by atoms with Crippen LogP contribution < -0.4 is 5.32 Å². The summed E-state index contributed by atoms with van der Waals surface area (Å²) in [5.41, 5.74) is 0.211. The Bertz CT molecular complexity index is 306. The molecule has 0 aromatic carbocycles. The van der Waals surface area contributed by atoms with Crippen molar-refractivity contribution in [1.82, 2.24) is 5.32 Å². The third-order valence-electron chi connectivity index (χ3n) is 1.55. The summed E-state index contributed by atoms with van der Waals surface area (Å²) in [5, 5.41) is 10.4. The monoisotopic (exact) mass is 245 g/mol. The molecular formula is C10H15NO6. The van der Waals surface area contributed by atoms with E-state index >= 15 is 0 Å². The molecule has 2 unspecified atom stereocenters. The van der Waals surface area contributed by atoms with Crippen LogP contribution in [0.5, 0.6) is 0 Å². The summed E-state index contributed by atoms with van der Waals surface area (Å²) in [6.07, 6.45) is -1.82. The van der Waals surface area contributed by atoms with Gasteiger partial charge in [-0.1, -0.05) is 6.58 Å². The molecule has 0 radical (unpaired) electrons. The fourth-order valence-corrected chi connectivity index (χ4v) is 0.847. The molecule has 0 saturated carbocycles. The lowest BCUT2D eigenvalue weighted by molar-refractivity contribution is -0.183. The molecular weight excluding hydrogens is 230 g/mol. The highest BCUT2D eigenvalue weighted by Crippen LogP contribution is 2.02. The topological polar surface area (TPSA) is 102 Å². The Kier molecular flexibility index (Phi) is 5.90. The quantitative estimate of drug-likeness (QED) is 0.306. The minimum Gasteiger partial charge on any atom is -0.474 e. The molecule has 2 atom stereocenters. The molecule has 0 aromatic heterocycles. The van der Waals surface area contributed by atoms with Crippen LogP contribution in [0.25, 0.3) is 0 Å². The van der Waals surface area contributed by atoms with E-state index in [4.69, 9.17) is 14.6 Å². The fraction of sp³-hybridized carbons (Fsp3) is 0.500. The third-order valence-corrected chi connectivity index (χ3v) is 1.55. The number of carboxylic acid groups (broad SMARTS) is 1. The van der Waals surface area contributed by atoms with Crippen LogP contribution in [0.4, 0.5) is 0 Å². The number of carbonyl (C=O) groups excluding carboxylic acids is 2. The lowest BCUT2D eigenvalue weighted by Gasteiger charge is -2.19. The largest absolute Gasteiger partial charge is 0.474 e. The maximum atomic E-state index is 11.1. The van der Waals surface area contributed by atoms with Crippen LogP contribution in [0.15, 0.2) is 12.2 Å². The van der Waals surface area contributed by atoms with Crippen molar-refractivity contribution in [3.05, 3.63) is 12.2 Å². The van der Waals surface area contributed by atoms with Gasteiger partial charge in [-0.05, 0) is 20.8 Å². The Hall–Kier alpha value is -1.89. The standard InChI is InChI=1S/C10H15NO6/c1-5(2)10(15)17-7(4)16-6(3)11-8(12)9(13)14/h6-7H,1H2,2-4H3,(H,11,12)(H,13,14). The maximum Gasteiger partial charge on any atom is 0.394 e. The Balaban J connectivity index is 4.08. The Morgan fingerprint density at radius 3 is 2.24 bits per heavy atom. The van der Waals surface area contributed by atoms with Gasteiger partial charge >= 0.3 is 17.8 Å². The van der Waals surface area contributed by atoms with Crippen molar-refractivity contribution in [2.75, 3.05) is 0 Å². The van der Waals surface area contributed by atoms with E-state index in [-0.39, 0.29) is 5.57 Å². The average molecular weight is 245 g/mol. The van der Waals surface area contributed by atoms with Gasteiger partial charge in [-0.25, -0.2) is 9.59 Å². The van der Waals surface area contributed by atoms with E-state index in [0.29, 0.717) is 0 Å². The van der Waals surface area contributed by atoms with Crippen molar-refractivity contribution < 1.29 is 29.0 Å². The number of esters is 1. The molecule has 0 spiro atoms. The fourth-order valence-electron chi connectivity index (χ4n) is 0.847. The van der Waals surface area contributed by atoms with Crippen molar-refractivity contribution >= 4 is 17.8 Å². The van der Waals surface area contributed by atoms with Gasteiger partial charge in [0.25, 0.3) is 0 Å². The van der Waals surface area contributed by atoms with Crippen molar-refractivity contribution in [3.63, 3.8) is 0 Å². The van der Waals surface area contributed by atoms with Gasteiger partial charge in [0.1, 0.15) is 6.23 Å². The number of hydrogen-bond donors (Lipinski definition) is 2. The zero-order valence-electron chi connectivity index (χ0n) is 9.85. The number of hydrogen-bond acceptors (Lipinski definition) is 5. The molecule has 0 rings (SSSR count). The van der Waals surface area contributed by atoms with Crippen molar-refractivity contribution in [3.8, 4) is 0 Å². The SMILES string of the molecule is C=C(C)C(=O)OC(C)OC(C)NC(=O)C(=O)O. The van der Waals surface area contributed by atoms with Crippen molar-refractivity contribution in [2.24, 2.45) is 0 Å². The predicted octanol–water partition coefficient (Wildman–Crippen LogP) is 0.0151. The van der Waals surface area contributed by atoms with Crippen LogP contribution in [-0.4, -0.2) is 35.5 Å². The van der Waals surface area contributed by atoms with Gasteiger partial charge in [-0.2, -0.15) is 0 Å². The van der Waals surface area contributed by atoms with Crippen LogP contribution in [0.2, 0.25) is 0 Å². The first-order valence-corrected chi connectivity index (χ1v) is 4.79. The molecule has 7 heteroatoms. The second-order valence-corrected chi connectivity index (χ2v) is 3.31. The van der Waals surface area contributed by atoms with E-state index in [2.05, 4.69) is 6.58 Å². The Morgan fingerprint density at radius 2 is 1.82 bits per heavy atom. The van der Waals surface area contributed by atoms with Crippen LogP contribution in [0.1, 0.15) is 20.8 Å². The van der Waals surface area contributed by atoms with Gasteiger partial charge in [-0.15, -0.1) is 0 Å². The molecule has 17 heavy (non-hydrogen) atoms. The second kappa shape index (κ2) is 6.64. The summed E-state index contributed by atoms with van der Waals surface area (Å²) in [7, 11) is 0. The molecule has 7 nitrogen and oxygen atoms in total. The molecule has 0 aliphatic rings.